The molecule has 0 spiro atoms. The van der Waals surface area contributed by atoms with Crippen molar-refractivity contribution in [2.45, 2.75) is 50.6 Å². The molecule has 0 aromatic carbocycles. The fraction of sp³-hybridized carbons (Fsp3) is 0.923. The summed E-state index contributed by atoms with van der Waals surface area (Å²) in [6, 6.07) is 1.13. The molecule has 2 aliphatic rings. The summed E-state index contributed by atoms with van der Waals surface area (Å²) in [5.74, 6) is 0.298. The molecule has 2 fully saturated rings. The lowest BCUT2D eigenvalue weighted by Crippen LogP contribution is -2.41. The van der Waals surface area contributed by atoms with Gasteiger partial charge in [0.2, 0.25) is 5.91 Å². The van der Waals surface area contributed by atoms with Gasteiger partial charge < -0.3 is 10.6 Å². The van der Waals surface area contributed by atoms with E-state index in [0.29, 0.717) is 24.5 Å². The summed E-state index contributed by atoms with van der Waals surface area (Å²) in [6.07, 6.45) is 7.08. The van der Waals surface area contributed by atoms with Crippen LogP contribution in [0.4, 0.5) is 0 Å². The van der Waals surface area contributed by atoms with Gasteiger partial charge in [0.15, 0.2) is 0 Å². The Labute approximate surface area is 104 Å². The van der Waals surface area contributed by atoms with Crippen LogP contribution in [0.3, 0.4) is 0 Å². The molecular formula is C13H25N3O. The average Bonchev–Trinajstić information content (AvgIpc) is 3.08. The lowest BCUT2D eigenvalue weighted by Gasteiger charge is -2.26. The van der Waals surface area contributed by atoms with E-state index >= 15 is 0 Å². The first kappa shape index (κ1) is 12.8. The van der Waals surface area contributed by atoms with Crippen molar-refractivity contribution >= 4 is 5.91 Å². The number of likely N-dealkylation sites (N-methyl/N-ethyl adjacent to an activating group) is 1. The molecule has 1 aliphatic heterocycles. The van der Waals surface area contributed by atoms with E-state index in [2.05, 4.69) is 4.90 Å². The fourth-order valence-electron chi connectivity index (χ4n) is 2.73. The Balaban J connectivity index is 1.77. The van der Waals surface area contributed by atoms with Crippen molar-refractivity contribution < 1.29 is 4.79 Å². The van der Waals surface area contributed by atoms with Crippen LogP contribution in [-0.4, -0.2) is 54.5 Å². The molecule has 1 aliphatic carbocycles. The average molecular weight is 239 g/mol. The summed E-state index contributed by atoms with van der Waals surface area (Å²) in [5, 5.41) is 0. The number of amides is 1. The van der Waals surface area contributed by atoms with Gasteiger partial charge in [-0.25, -0.2) is 0 Å². The third kappa shape index (κ3) is 3.42. The Morgan fingerprint density at radius 1 is 1.41 bits per heavy atom. The zero-order valence-corrected chi connectivity index (χ0v) is 10.9. The van der Waals surface area contributed by atoms with E-state index in [0.717, 1.165) is 25.9 Å². The number of nitrogens with zero attached hydrogens (tertiary/aromatic N) is 2. The summed E-state index contributed by atoms with van der Waals surface area (Å²) < 4.78 is 0. The van der Waals surface area contributed by atoms with Gasteiger partial charge in [-0.2, -0.15) is 0 Å². The zero-order valence-electron chi connectivity index (χ0n) is 10.9. The molecule has 17 heavy (non-hydrogen) atoms. The molecule has 1 atom stereocenters. The van der Waals surface area contributed by atoms with Crippen molar-refractivity contribution in [2.75, 3.05) is 26.7 Å². The minimum atomic E-state index is 0.298. The minimum Gasteiger partial charge on any atom is -0.342 e. The van der Waals surface area contributed by atoms with Crippen LogP contribution >= 0.6 is 0 Å². The Kier molecular flexibility index (Phi) is 4.40. The van der Waals surface area contributed by atoms with Gasteiger partial charge in [0, 0.05) is 19.1 Å². The Morgan fingerprint density at radius 3 is 2.82 bits per heavy atom. The van der Waals surface area contributed by atoms with Gasteiger partial charge in [0.1, 0.15) is 0 Å². The van der Waals surface area contributed by atoms with Crippen molar-refractivity contribution in [1.29, 1.82) is 0 Å². The van der Waals surface area contributed by atoms with E-state index < -0.39 is 0 Å². The molecule has 98 valence electrons. The van der Waals surface area contributed by atoms with Gasteiger partial charge in [0.25, 0.3) is 0 Å². The second kappa shape index (κ2) is 5.83. The number of likely N-dealkylation sites (tertiary alicyclic amines) is 1. The zero-order chi connectivity index (χ0) is 12.3. The maximum Gasteiger partial charge on any atom is 0.236 e. The van der Waals surface area contributed by atoms with Crippen LogP contribution in [0.25, 0.3) is 0 Å². The molecule has 1 heterocycles. The highest BCUT2D eigenvalue weighted by Crippen LogP contribution is 2.26. The number of nitrogens with two attached hydrogens (primary N) is 1. The van der Waals surface area contributed by atoms with Crippen LogP contribution in [0.5, 0.6) is 0 Å². The second-order valence-corrected chi connectivity index (χ2v) is 5.43. The molecule has 1 saturated heterocycles. The third-order valence-electron chi connectivity index (χ3n) is 4.07. The van der Waals surface area contributed by atoms with Gasteiger partial charge in [-0.15, -0.1) is 0 Å². The van der Waals surface area contributed by atoms with E-state index in [1.54, 1.807) is 0 Å². The minimum absolute atomic E-state index is 0.298. The first-order valence-electron chi connectivity index (χ1n) is 6.92. The van der Waals surface area contributed by atoms with Gasteiger partial charge >= 0.3 is 0 Å². The van der Waals surface area contributed by atoms with Crippen molar-refractivity contribution in [3.05, 3.63) is 0 Å². The number of hydrogen-bond acceptors (Lipinski definition) is 3. The molecular weight excluding hydrogens is 214 g/mol. The Hall–Kier alpha value is -0.610. The monoisotopic (exact) mass is 239 g/mol. The van der Waals surface area contributed by atoms with Crippen molar-refractivity contribution in [3.63, 3.8) is 0 Å². The maximum absolute atomic E-state index is 12.1. The van der Waals surface area contributed by atoms with E-state index in [4.69, 9.17) is 5.73 Å². The molecule has 1 amide bonds. The predicted molar refractivity (Wildman–Crippen MR) is 68.7 cm³/mol. The SMILES string of the molecule is CN(C(=O)CN1CCCC1CCCN)C1CC1. The molecule has 0 radical (unpaired) electrons. The van der Waals surface area contributed by atoms with Crippen LogP contribution in [0, 0.1) is 0 Å². The Morgan fingerprint density at radius 2 is 2.18 bits per heavy atom. The lowest BCUT2D eigenvalue weighted by atomic mass is 10.1. The highest BCUT2D eigenvalue weighted by atomic mass is 16.2. The second-order valence-electron chi connectivity index (χ2n) is 5.43. The van der Waals surface area contributed by atoms with Crippen LogP contribution in [0.1, 0.15) is 38.5 Å². The summed E-state index contributed by atoms with van der Waals surface area (Å²) in [5.41, 5.74) is 5.56. The number of carbonyl (C=O) groups is 1. The molecule has 2 N–H and O–H groups in total. The molecule has 0 bridgehead atoms. The summed E-state index contributed by atoms with van der Waals surface area (Å²) >= 11 is 0. The summed E-state index contributed by atoms with van der Waals surface area (Å²) in [4.78, 5) is 16.4. The van der Waals surface area contributed by atoms with Crippen LogP contribution < -0.4 is 5.73 Å². The number of carbonyl (C=O) groups excluding carboxylic acids is 1. The largest absolute Gasteiger partial charge is 0.342 e. The van der Waals surface area contributed by atoms with Crippen molar-refractivity contribution in [2.24, 2.45) is 5.73 Å². The quantitative estimate of drug-likeness (QED) is 0.746. The van der Waals surface area contributed by atoms with Gasteiger partial charge in [0.05, 0.1) is 6.54 Å². The standard InChI is InChI=1S/C13H25N3O/c1-15(11-6-7-11)13(17)10-16-9-3-5-12(16)4-2-8-14/h11-12H,2-10,14H2,1H3. The lowest BCUT2D eigenvalue weighted by molar-refractivity contribution is -0.131. The summed E-state index contributed by atoms with van der Waals surface area (Å²) in [6.45, 7) is 2.46. The van der Waals surface area contributed by atoms with Crippen molar-refractivity contribution in [1.82, 2.24) is 9.80 Å². The molecule has 4 nitrogen and oxygen atoms in total. The molecule has 0 aromatic rings. The van der Waals surface area contributed by atoms with E-state index in [9.17, 15) is 4.79 Å². The normalized spacial score (nSPS) is 25.2. The van der Waals surface area contributed by atoms with E-state index in [1.165, 1.54) is 25.7 Å². The molecule has 4 heteroatoms. The van der Waals surface area contributed by atoms with Crippen LogP contribution in [-0.2, 0) is 4.79 Å². The highest BCUT2D eigenvalue weighted by molar-refractivity contribution is 5.78. The molecule has 1 saturated carbocycles. The topological polar surface area (TPSA) is 49.6 Å². The summed E-state index contributed by atoms with van der Waals surface area (Å²) in [7, 11) is 1.95. The smallest absolute Gasteiger partial charge is 0.236 e. The van der Waals surface area contributed by atoms with Crippen LogP contribution in [0.2, 0.25) is 0 Å². The highest BCUT2D eigenvalue weighted by Gasteiger charge is 2.32. The van der Waals surface area contributed by atoms with Crippen LogP contribution in [0.15, 0.2) is 0 Å². The first-order valence-corrected chi connectivity index (χ1v) is 6.92. The van der Waals surface area contributed by atoms with Gasteiger partial charge in [-0.3, -0.25) is 9.69 Å². The number of rotatable bonds is 6. The van der Waals surface area contributed by atoms with Gasteiger partial charge in [-0.05, 0) is 51.6 Å². The van der Waals surface area contributed by atoms with Gasteiger partial charge in [-0.1, -0.05) is 0 Å². The first-order chi connectivity index (χ1) is 8.22. The maximum atomic E-state index is 12.1. The molecule has 0 aromatic heterocycles. The van der Waals surface area contributed by atoms with E-state index in [-0.39, 0.29) is 0 Å². The van der Waals surface area contributed by atoms with Crippen molar-refractivity contribution in [3.8, 4) is 0 Å². The predicted octanol–water partition coefficient (Wildman–Crippen LogP) is 0.811. The van der Waals surface area contributed by atoms with E-state index in [1.807, 2.05) is 11.9 Å². The number of hydrogen-bond donors (Lipinski definition) is 1. The molecule has 1 unspecified atom stereocenters. The molecule has 2 rings (SSSR count). The third-order valence-corrected chi connectivity index (χ3v) is 4.07. The fourth-order valence-corrected chi connectivity index (χ4v) is 2.73. The Bertz CT molecular complexity index is 265.